The summed E-state index contributed by atoms with van der Waals surface area (Å²) < 4.78 is 4.86. The Morgan fingerprint density at radius 2 is 2.06 bits per heavy atom. The predicted octanol–water partition coefficient (Wildman–Crippen LogP) is 0.891. The molecule has 18 heavy (non-hydrogen) atoms. The first-order valence-corrected chi connectivity index (χ1v) is 5.67. The molecule has 6 nitrogen and oxygen atoms in total. The lowest BCUT2D eigenvalue weighted by molar-refractivity contribution is 0.0683. The lowest BCUT2D eigenvalue weighted by atomic mass is 10.2. The molecule has 0 amide bonds. The zero-order chi connectivity index (χ0) is 13.4. The molecule has 1 aromatic carbocycles. The molecule has 0 saturated heterocycles. The van der Waals surface area contributed by atoms with Crippen LogP contribution in [0.25, 0.3) is 0 Å². The molecule has 2 N–H and O–H groups in total. The number of nitroso groups, excluding NO2 is 1. The molecule has 0 aromatic heterocycles. The highest BCUT2D eigenvalue weighted by molar-refractivity contribution is 5.52. The number of benzene rings is 1. The van der Waals surface area contributed by atoms with Crippen molar-refractivity contribution in [2.45, 2.75) is 6.10 Å². The Kier molecular flexibility index (Phi) is 6.27. The third-order valence-corrected chi connectivity index (χ3v) is 2.48. The van der Waals surface area contributed by atoms with Crippen LogP contribution in [0.4, 0.5) is 11.4 Å². The quantitative estimate of drug-likeness (QED) is 0.673. The summed E-state index contributed by atoms with van der Waals surface area (Å²) in [6, 6.07) is 6.64. The largest absolute Gasteiger partial charge is 0.395 e. The van der Waals surface area contributed by atoms with Crippen molar-refractivity contribution >= 4 is 11.4 Å². The van der Waals surface area contributed by atoms with E-state index < -0.39 is 6.10 Å². The highest BCUT2D eigenvalue weighted by Crippen LogP contribution is 2.19. The van der Waals surface area contributed by atoms with E-state index >= 15 is 0 Å². The number of hydrogen-bond donors (Lipinski definition) is 2. The highest BCUT2D eigenvalue weighted by atomic mass is 16.5. The van der Waals surface area contributed by atoms with Gasteiger partial charge in [-0.2, -0.15) is 0 Å². The number of methoxy groups -OCH3 is 1. The van der Waals surface area contributed by atoms with Crippen LogP contribution in [0.1, 0.15) is 0 Å². The van der Waals surface area contributed by atoms with Gasteiger partial charge in [-0.3, -0.25) is 0 Å². The summed E-state index contributed by atoms with van der Waals surface area (Å²) in [6.07, 6.45) is -0.634. The molecule has 1 rings (SSSR count). The van der Waals surface area contributed by atoms with E-state index in [1.54, 1.807) is 24.3 Å². The van der Waals surface area contributed by atoms with Crippen molar-refractivity contribution in [3.8, 4) is 0 Å². The van der Waals surface area contributed by atoms with Crippen LogP contribution in [0.5, 0.6) is 0 Å². The van der Waals surface area contributed by atoms with Crippen molar-refractivity contribution in [2.24, 2.45) is 5.18 Å². The van der Waals surface area contributed by atoms with Crippen molar-refractivity contribution in [1.82, 2.24) is 0 Å². The second kappa shape index (κ2) is 7.75. The van der Waals surface area contributed by atoms with Gasteiger partial charge in [-0.1, -0.05) is 0 Å². The Hall–Kier alpha value is -1.50. The van der Waals surface area contributed by atoms with Gasteiger partial charge in [0.15, 0.2) is 0 Å². The number of rotatable bonds is 8. The molecule has 0 radical (unpaired) electrons. The van der Waals surface area contributed by atoms with Crippen molar-refractivity contribution in [1.29, 1.82) is 0 Å². The van der Waals surface area contributed by atoms with E-state index in [1.807, 2.05) is 4.90 Å². The van der Waals surface area contributed by atoms with Gasteiger partial charge in [0.1, 0.15) is 5.69 Å². The van der Waals surface area contributed by atoms with Gasteiger partial charge < -0.3 is 19.8 Å². The van der Waals surface area contributed by atoms with Gasteiger partial charge in [-0.15, -0.1) is 4.91 Å². The van der Waals surface area contributed by atoms with E-state index in [-0.39, 0.29) is 13.2 Å². The van der Waals surface area contributed by atoms with Crippen molar-refractivity contribution in [3.63, 3.8) is 0 Å². The summed E-state index contributed by atoms with van der Waals surface area (Å²) in [4.78, 5) is 12.1. The first-order valence-electron chi connectivity index (χ1n) is 5.67. The molecule has 0 fully saturated rings. The van der Waals surface area contributed by atoms with E-state index in [1.165, 1.54) is 7.11 Å². The fraction of sp³-hybridized carbons (Fsp3) is 0.500. The predicted molar refractivity (Wildman–Crippen MR) is 69.1 cm³/mol. The molecule has 0 aliphatic rings. The van der Waals surface area contributed by atoms with Gasteiger partial charge in [-0.05, 0) is 29.4 Å². The maximum atomic E-state index is 10.3. The number of hydrogen-bond acceptors (Lipinski definition) is 6. The van der Waals surface area contributed by atoms with Gasteiger partial charge in [0.2, 0.25) is 0 Å². The molecule has 0 aliphatic heterocycles. The molecule has 1 unspecified atom stereocenters. The maximum absolute atomic E-state index is 10.3. The lowest BCUT2D eigenvalue weighted by Crippen LogP contribution is -2.36. The Balaban J connectivity index is 2.72. The lowest BCUT2D eigenvalue weighted by Gasteiger charge is -2.26. The van der Waals surface area contributed by atoms with E-state index in [9.17, 15) is 10.0 Å². The molecule has 100 valence electrons. The smallest absolute Gasteiger partial charge is 0.108 e. The molecule has 0 saturated carbocycles. The fourth-order valence-electron chi connectivity index (χ4n) is 1.67. The molecule has 0 heterocycles. The molecule has 0 aliphatic carbocycles. The minimum absolute atomic E-state index is 0.0205. The monoisotopic (exact) mass is 254 g/mol. The summed E-state index contributed by atoms with van der Waals surface area (Å²) >= 11 is 0. The first-order chi connectivity index (χ1) is 8.71. The Morgan fingerprint density at radius 3 is 2.56 bits per heavy atom. The second-order valence-corrected chi connectivity index (χ2v) is 3.89. The maximum Gasteiger partial charge on any atom is 0.108 e. The molecule has 1 atom stereocenters. The Morgan fingerprint density at radius 1 is 1.39 bits per heavy atom. The number of ether oxygens (including phenoxy) is 1. The van der Waals surface area contributed by atoms with E-state index in [0.29, 0.717) is 18.8 Å². The van der Waals surface area contributed by atoms with Gasteiger partial charge in [0, 0.05) is 25.9 Å². The van der Waals surface area contributed by atoms with Gasteiger partial charge in [0.05, 0.1) is 19.3 Å². The minimum atomic E-state index is -0.634. The zero-order valence-electron chi connectivity index (χ0n) is 10.3. The summed E-state index contributed by atoms with van der Waals surface area (Å²) in [5.41, 5.74) is 1.16. The average Bonchev–Trinajstić information content (AvgIpc) is 2.39. The molecular formula is C12H18N2O4. The number of aliphatic hydroxyl groups excluding tert-OH is 2. The van der Waals surface area contributed by atoms with Crippen LogP contribution in [0.2, 0.25) is 0 Å². The van der Waals surface area contributed by atoms with Gasteiger partial charge in [0.25, 0.3) is 0 Å². The van der Waals surface area contributed by atoms with Crippen LogP contribution in [0.15, 0.2) is 29.4 Å². The fourth-order valence-corrected chi connectivity index (χ4v) is 1.67. The zero-order valence-corrected chi connectivity index (χ0v) is 10.3. The summed E-state index contributed by atoms with van der Waals surface area (Å²) in [7, 11) is 1.52. The SMILES string of the molecule is COCC(O)CN(CCO)c1ccc(N=O)cc1. The summed E-state index contributed by atoms with van der Waals surface area (Å²) in [5.74, 6) is 0. The van der Waals surface area contributed by atoms with Gasteiger partial charge in [-0.25, -0.2) is 0 Å². The summed E-state index contributed by atoms with van der Waals surface area (Å²) in [5, 5.41) is 21.5. The Bertz CT molecular complexity index is 356. The normalized spacial score (nSPS) is 12.2. The third-order valence-electron chi connectivity index (χ3n) is 2.48. The topological polar surface area (TPSA) is 82.4 Å². The van der Waals surface area contributed by atoms with Crippen LogP contribution in [0, 0.1) is 4.91 Å². The first kappa shape index (κ1) is 14.6. The van der Waals surface area contributed by atoms with Crippen LogP contribution >= 0.6 is 0 Å². The summed E-state index contributed by atoms with van der Waals surface area (Å²) in [6.45, 7) is 0.959. The third kappa shape index (κ3) is 4.40. The van der Waals surface area contributed by atoms with Crippen LogP contribution in [-0.4, -0.2) is 49.7 Å². The van der Waals surface area contributed by atoms with Crippen molar-refractivity contribution in [3.05, 3.63) is 29.2 Å². The van der Waals surface area contributed by atoms with Crippen LogP contribution < -0.4 is 4.90 Å². The molecule has 0 bridgehead atoms. The molecule has 6 heteroatoms. The number of nitrogens with zero attached hydrogens (tertiary/aromatic N) is 2. The molecular weight excluding hydrogens is 236 g/mol. The molecule has 1 aromatic rings. The van der Waals surface area contributed by atoms with Crippen LogP contribution in [-0.2, 0) is 4.74 Å². The second-order valence-electron chi connectivity index (χ2n) is 3.89. The van der Waals surface area contributed by atoms with Crippen molar-refractivity contribution in [2.75, 3.05) is 38.3 Å². The van der Waals surface area contributed by atoms with Crippen molar-refractivity contribution < 1.29 is 14.9 Å². The van der Waals surface area contributed by atoms with E-state index in [2.05, 4.69) is 5.18 Å². The van der Waals surface area contributed by atoms with Gasteiger partial charge >= 0.3 is 0 Å². The molecule has 0 spiro atoms. The minimum Gasteiger partial charge on any atom is -0.395 e. The van der Waals surface area contributed by atoms with E-state index in [0.717, 1.165) is 5.69 Å². The average molecular weight is 254 g/mol. The van der Waals surface area contributed by atoms with Crippen LogP contribution in [0.3, 0.4) is 0 Å². The number of aliphatic hydroxyl groups is 2. The standard InChI is InChI=1S/C12H18N2O4/c1-18-9-12(16)8-14(6-7-15)11-4-2-10(13-17)3-5-11/h2-5,12,15-16H,6-9H2,1H3. The van der Waals surface area contributed by atoms with E-state index in [4.69, 9.17) is 9.84 Å². The Labute approximate surface area is 106 Å². The number of anilines is 1. The highest BCUT2D eigenvalue weighted by Gasteiger charge is 2.12.